The van der Waals surface area contributed by atoms with Crippen LogP contribution in [0.3, 0.4) is 0 Å². The van der Waals surface area contributed by atoms with Crippen LogP contribution in [0.5, 0.6) is 0 Å². The van der Waals surface area contributed by atoms with Crippen molar-refractivity contribution in [1.82, 2.24) is 5.32 Å². The number of carbonyl (C=O) groups is 1. The van der Waals surface area contributed by atoms with Crippen LogP contribution in [0.1, 0.15) is 16.7 Å². The molecule has 0 fully saturated rings. The lowest BCUT2D eigenvalue weighted by Crippen LogP contribution is -2.44. The summed E-state index contributed by atoms with van der Waals surface area (Å²) in [4.78, 5) is 12.4. The molecule has 0 saturated heterocycles. The zero-order chi connectivity index (χ0) is 14.8. The molecule has 4 heteroatoms. The zero-order valence-corrected chi connectivity index (χ0v) is 12.6. The molecule has 0 spiro atoms. The second-order valence-corrected chi connectivity index (χ2v) is 5.79. The Balaban J connectivity index is 1.74. The summed E-state index contributed by atoms with van der Waals surface area (Å²) in [5.74, 6) is -0.0444. The van der Waals surface area contributed by atoms with E-state index in [1.165, 1.54) is 11.1 Å². The van der Waals surface area contributed by atoms with Crippen LogP contribution in [-0.2, 0) is 17.8 Å². The topological polar surface area (TPSA) is 41.1 Å². The molecule has 0 aromatic heterocycles. The fraction of sp³-hybridized carbons (Fsp3) is 0.235. The number of hydrogen-bond acceptors (Lipinski definition) is 2. The first-order valence-corrected chi connectivity index (χ1v) is 7.38. The van der Waals surface area contributed by atoms with Gasteiger partial charge in [0.2, 0.25) is 5.91 Å². The largest absolute Gasteiger partial charge is 0.323 e. The van der Waals surface area contributed by atoms with Gasteiger partial charge in [-0.05, 0) is 42.2 Å². The molecule has 1 aliphatic rings. The van der Waals surface area contributed by atoms with E-state index in [9.17, 15) is 4.79 Å². The fourth-order valence-corrected chi connectivity index (χ4v) is 2.76. The van der Waals surface area contributed by atoms with Crippen LogP contribution < -0.4 is 10.6 Å². The number of fused-ring (bicyclic) bond motifs is 1. The minimum atomic E-state index is -0.225. The van der Waals surface area contributed by atoms with Crippen LogP contribution in [0.4, 0.5) is 5.69 Å². The Kier molecular flexibility index (Phi) is 3.95. The summed E-state index contributed by atoms with van der Waals surface area (Å²) in [6.45, 7) is 2.69. The van der Waals surface area contributed by atoms with Crippen LogP contribution >= 0.6 is 11.6 Å². The molecule has 2 aromatic carbocycles. The number of nitrogens with one attached hydrogen (secondary N) is 2. The molecule has 1 atom stereocenters. The van der Waals surface area contributed by atoms with Crippen molar-refractivity contribution < 1.29 is 4.79 Å². The van der Waals surface area contributed by atoms with Gasteiger partial charge in [0.1, 0.15) is 0 Å². The molecule has 3 rings (SSSR count). The number of benzene rings is 2. The van der Waals surface area contributed by atoms with E-state index in [1.54, 1.807) is 6.07 Å². The average molecular weight is 301 g/mol. The third-order valence-electron chi connectivity index (χ3n) is 3.78. The molecule has 21 heavy (non-hydrogen) atoms. The Hall–Kier alpha value is -1.84. The summed E-state index contributed by atoms with van der Waals surface area (Å²) in [5.41, 5.74) is 4.22. The number of hydrogen-bond donors (Lipinski definition) is 2. The van der Waals surface area contributed by atoms with Gasteiger partial charge in [-0.2, -0.15) is 0 Å². The van der Waals surface area contributed by atoms with E-state index in [0.29, 0.717) is 17.1 Å². The van der Waals surface area contributed by atoms with Crippen molar-refractivity contribution in [3.8, 4) is 0 Å². The first kappa shape index (κ1) is 14.1. The maximum atomic E-state index is 12.4. The molecule has 1 unspecified atom stereocenters. The van der Waals surface area contributed by atoms with Crippen LogP contribution in [0, 0.1) is 6.92 Å². The van der Waals surface area contributed by atoms with Gasteiger partial charge in [-0.25, -0.2) is 0 Å². The summed E-state index contributed by atoms with van der Waals surface area (Å²) in [5, 5.41) is 6.75. The van der Waals surface area contributed by atoms with E-state index < -0.39 is 0 Å². The first-order chi connectivity index (χ1) is 10.1. The van der Waals surface area contributed by atoms with Crippen LogP contribution in [-0.4, -0.2) is 11.9 Å². The molecule has 0 saturated carbocycles. The summed E-state index contributed by atoms with van der Waals surface area (Å²) in [6.07, 6.45) is 0.700. The van der Waals surface area contributed by atoms with E-state index in [2.05, 4.69) is 22.8 Å². The highest BCUT2D eigenvalue weighted by molar-refractivity contribution is 6.33. The van der Waals surface area contributed by atoms with Crippen molar-refractivity contribution in [3.63, 3.8) is 0 Å². The lowest BCUT2D eigenvalue weighted by molar-refractivity contribution is -0.118. The van der Waals surface area contributed by atoms with Gasteiger partial charge in [0.25, 0.3) is 0 Å². The molecule has 0 aliphatic carbocycles. The summed E-state index contributed by atoms with van der Waals surface area (Å²) in [6, 6.07) is 13.6. The maximum absolute atomic E-state index is 12.4. The molecule has 108 valence electrons. The van der Waals surface area contributed by atoms with Gasteiger partial charge in [-0.15, -0.1) is 0 Å². The molecule has 1 heterocycles. The highest BCUT2D eigenvalue weighted by atomic mass is 35.5. The van der Waals surface area contributed by atoms with E-state index in [1.807, 2.05) is 31.2 Å². The average Bonchev–Trinajstić information content (AvgIpc) is 2.50. The lowest BCUT2D eigenvalue weighted by atomic mass is 9.95. The Morgan fingerprint density at radius 1 is 1.24 bits per heavy atom. The highest BCUT2D eigenvalue weighted by Gasteiger charge is 2.24. The lowest BCUT2D eigenvalue weighted by Gasteiger charge is -2.25. The van der Waals surface area contributed by atoms with Crippen molar-refractivity contribution >= 4 is 23.2 Å². The Bertz CT molecular complexity index is 684. The van der Waals surface area contributed by atoms with Crippen molar-refractivity contribution in [2.24, 2.45) is 0 Å². The van der Waals surface area contributed by atoms with Gasteiger partial charge in [0.15, 0.2) is 0 Å². The zero-order valence-electron chi connectivity index (χ0n) is 11.8. The molecular weight excluding hydrogens is 284 g/mol. The van der Waals surface area contributed by atoms with Gasteiger partial charge in [0.05, 0.1) is 16.8 Å². The van der Waals surface area contributed by atoms with Gasteiger partial charge in [-0.1, -0.05) is 41.9 Å². The van der Waals surface area contributed by atoms with Gasteiger partial charge >= 0.3 is 0 Å². The van der Waals surface area contributed by atoms with E-state index in [-0.39, 0.29) is 11.9 Å². The minimum absolute atomic E-state index is 0.0444. The minimum Gasteiger partial charge on any atom is -0.323 e. The van der Waals surface area contributed by atoms with E-state index in [0.717, 1.165) is 12.1 Å². The van der Waals surface area contributed by atoms with Gasteiger partial charge in [-0.3, -0.25) is 4.79 Å². The smallest absolute Gasteiger partial charge is 0.241 e. The standard InChI is InChI=1S/C17H17ClN2O/c1-11-6-7-14(18)15(8-11)20-17(21)16-9-12-4-2-3-5-13(12)10-19-16/h2-8,16,19H,9-10H2,1H3,(H,20,21). The Morgan fingerprint density at radius 3 is 2.81 bits per heavy atom. The third-order valence-corrected chi connectivity index (χ3v) is 4.11. The molecule has 2 N–H and O–H groups in total. The molecule has 1 aliphatic heterocycles. The number of anilines is 1. The SMILES string of the molecule is Cc1ccc(Cl)c(NC(=O)C2Cc3ccccc3CN2)c1. The summed E-state index contributed by atoms with van der Waals surface area (Å²) < 4.78 is 0. The van der Waals surface area contributed by atoms with Gasteiger partial charge in [0, 0.05) is 6.54 Å². The Morgan fingerprint density at radius 2 is 2.00 bits per heavy atom. The number of carbonyl (C=O) groups excluding carboxylic acids is 1. The summed E-state index contributed by atoms with van der Waals surface area (Å²) in [7, 11) is 0. The monoisotopic (exact) mass is 300 g/mol. The van der Waals surface area contributed by atoms with Gasteiger partial charge < -0.3 is 10.6 Å². The highest BCUT2D eigenvalue weighted by Crippen LogP contribution is 2.24. The van der Waals surface area contributed by atoms with E-state index in [4.69, 9.17) is 11.6 Å². The number of aryl methyl sites for hydroxylation is 1. The second-order valence-electron chi connectivity index (χ2n) is 5.38. The molecule has 0 radical (unpaired) electrons. The number of halogens is 1. The number of amides is 1. The maximum Gasteiger partial charge on any atom is 0.241 e. The van der Waals surface area contributed by atoms with Crippen LogP contribution in [0.2, 0.25) is 5.02 Å². The van der Waals surface area contributed by atoms with Crippen LogP contribution in [0.25, 0.3) is 0 Å². The number of rotatable bonds is 2. The molecule has 1 amide bonds. The van der Waals surface area contributed by atoms with Crippen molar-refractivity contribution in [2.75, 3.05) is 5.32 Å². The first-order valence-electron chi connectivity index (χ1n) is 7.00. The Labute approximate surface area is 129 Å². The molecule has 2 aromatic rings. The predicted octanol–water partition coefficient (Wildman–Crippen LogP) is 3.30. The fourth-order valence-electron chi connectivity index (χ4n) is 2.59. The molecular formula is C17H17ClN2O. The molecule has 3 nitrogen and oxygen atoms in total. The predicted molar refractivity (Wildman–Crippen MR) is 85.6 cm³/mol. The second kappa shape index (κ2) is 5.88. The van der Waals surface area contributed by atoms with Crippen LogP contribution in [0.15, 0.2) is 42.5 Å². The summed E-state index contributed by atoms with van der Waals surface area (Å²) >= 11 is 6.13. The van der Waals surface area contributed by atoms with Crippen molar-refractivity contribution in [2.45, 2.75) is 25.9 Å². The third kappa shape index (κ3) is 3.09. The quantitative estimate of drug-likeness (QED) is 0.893. The normalized spacial score (nSPS) is 17.1. The van der Waals surface area contributed by atoms with Crippen molar-refractivity contribution in [1.29, 1.82) is 0 Å². The van der Waals surface area contributed by atoms with Crippen molar-refractivity contribution in [3.05, 3.63) is 64.2 Å². The molecule has 0 bridgehead atoms. The van der Waals surface area contributed by atoms with E-state index >= 15 is 0 Å².